The fourth-order valence-corrected chi connectivity index (χ4v) is 2.54. The smallest absolute Gasteiger partial charge is 0.142 e. The van der Waals surface area contributed by atoms with Crippen molar-refractivity contribution in [2.45, 2.75) is 50.5 Å². The Morgan fingerprint density at radius 3 is 2.76 bits per heavy atom. The van der Waals surface area contributed by atoms with E-state index in [1.54, 1.807) is 11.7 Å². The number of nitrogens with two attached hydrogens (primary N) is 1. The predicted octanol–water partition coefficient (Wildman–Crippen LogP) is 0.978. The molecule has 1 fully saturated rings. The summed E-state index contributed by atoms with van der Waals surface area (Å²) in [6.07, 6.45) is 7.77. The third kappa shape index (κ3) is 3.12. The quantitative estimate of drug-likeness (QED) is 0.845. The third-order valence-electron chi connectivity index (χ3n) is 3.56. The molecule has 0 saturated heterocycles. The first-order valence-corrected chi connectivity index (χ1v) is 6.22. The Bertz CT molecular complexity index is 393. The molecule has 1 heterocycles. The maximum absolute atomic E-state index is 12.0. The van der Waals surface area contributed by atoms with Gasteiger partial charge in [0, 0.05) is 19.0 Å². The Balaban J connectivity index is 1.91. The van der Waals surface area contributed by atoms with Crippen molar-refractivity contribution in [2.24, 2.45) is 12.8 Å². The van der Waals surface area contributed by atoms with Gasteiger partial charge in [-0.1, -0.05) is 19.3 Å². The monoisotopic (exact) mass is 236 g/mol. The minimum absolute atomic E-state index is 0.172. The summed E-state index contributed by atoms with van der Waals surface area (Å²) >= 11 is 0. The van der Waals surface area contributed by atoms with Gasteiger partial charge in [0.15, 0.2) is 0 Å². The van der Waals surface area contributed by atoms with Crippen molar-refractivity contribution in [1.82, 2.24) is 14.8 Å². The van der Waals surface area contributed by atoms with Crippen LogP contribution in [-0.4, -0.2) is 26.1 Å². The largest absolute Gasteiger partial charge is 0.325 e. The van der Waals surface area contributed by atoms with E-state index in [1.165, 1.54) is 12.7 Å². The molecule has 0 unspecified atom stereocenters. The summed E-state index contributed by atoms with van der Waals surface area (Å²) in [6, 6.07) is 0. The summed E-state index contributed by atoms with van der Waals surface area (Å²) in [5.41, 5.74) is 5.99. The van der Waals surface area contributed by atoms with Crippen molar-refractivity contribution in [3.63, 3.8) is 0 Å². The van der Waals surface area contributed by atoms with Crippen molar-refractivity contribution in [1.29, 1.82) is 0 Å². The van der Waals surface area contributed by atoms with Crippen LogP contribution >= 0.6 is 0 Å². The molecule has 17 heavy (non-hydrogen) atoms. The molecular formula is C12H20N4O. The molecule has 0 aliphatic heterocycles. The maximum atomic E-state index is 12.0. The molecule has 2 rings (SSSR count). The molecule has 0 amide bonds. The molecule has 1 aliphatic rings. The summed E-state index contributed by atoms with van der Waals surface area (Å²) < 4.78 is 1.64. The van der Waals surface area contributed by atoms with Gasteiger partial charge in [-0.25, -0.2) is 4.98 Å². The van der Waals surface area contributed by atoms with Crippen LogP contribution in [0.15, 0.2) is 6.33 Å². The highest BCUT2D eigenvalue weighted by Gasteiger charge is 2.30. The lowest BCUT2D eigenvalue weighted by molar-refractivity contribution is -0.120. The number of hydrogen-bond acceptors (Lipinski definition) is 4. The number of nitrogens with zero attached hydrogens (tertiary/aromatic N) is 3. The Morgan fingerprint density at radius 1 is 1.47 bits per heavy atom. The number of hydrogen-bond donors (Lipinski definition) is 1. The molecule has 0 atom stereocenters. The van der Waals surface area contributed by atoms with E-state index in [0.717, 1.165) is 31.5 Å². The van der Waals surface area contributed by atoms with Crippen LogP contribution in [0.4, 0.5) is 0 Å². The molecule has 1 aromatic rings. The van der Waals surface area contributed by atoms with Crippen LogP contribution in [0.5, 0.6) is 0 Å². The summed E-state index contributed by atoms with van der Waals surface area (Å²) in [5.74, 6) is 0.889. The summed E-state index contributed by atoms with van der Waals surface area (Å²) in [6.45, 7) is 0. The third-order valence-corrected chi connectivity index (χ3v) is 3.56. The van der Waals surface area contributed by atoms with E-state index in [0.29, 0.717) is 12.8 Å². The van der Waals surface area contributed by atoms with Gasteiger partial charge in [-0.15, -0.1) is 0 Å². The Hall–Kier alpha value is -1.23. The van der Waals surface area contributed by atoms with Crippen LogP contribution in [0.2, 0.25) is 0 Å². The minimum Gasteiger partial charge on any atom is -0.325 e. The highest BCUT2D eigenvalue weighted by atomic mass is 16.1. The minimum atomic E-state index is -0.270. The molecule has 1 aliphatic carbocycles. The van der Waals surface area contributed by atoms with Crippen molar-refractivity contribution in [3.8, 4) is 0 Å². The van der Waals surface area contributed by atoms with Gasteiger partial charge in [0.25, 0.3) is 0 Å². The van der Waals surface area contributed by atoms with Gasteiger partial charge in [-0.05, 0) is 12.8 Å². The van der Waals surface area contributed by atoms with Gasteiger partial charge in [0.1, 0.15) is 17.9 Å². The average Bonchev–Trinajstić information content (AvgIpc) is 2.64. The normalized spacial score (nSPS) is 19.2. The lowest BCUT2D eigenvalue weighted by Crippen LogP contribution is -2.43. The second kappa shape index (κ2) is 4.96. The van der Waals surface area contributed by atoms with E-state index in [2.05, 4.69) is 10.1 Å². The second-order valence-electron chi connectivity index (χ2n) is 5.12. The molecule has 2 N–H and O–H groups in total. The van der Waals surface area contributed by atoms with Crippen LogP contribution in [0.3, 0.4) is 0 Å². The number of Topliss-reactive ketones (excluding diaryl/α,β-unsaturated/α-hetero) is 1. The highest BCUT2D eigenvalue weighted by molar-refractivity contribution is 5.81. The topological polar surface area (TPSA) is 73.8 Å². The SMILES string of the molecule is Cn1ncnc1CC(=O)CC1(N)CCCCC1. The lowest BCUT2D eigenvalue weighted by Gasteiger charge is -2.32. The zero-order chi connectivity index (χ0) is 12.3. The molecule has 1 saturated carbocycles. The Morgan fingerprint density at radius 2 is 2.18 bits per heavy atom. The molecule has 0 bridgehead atoms. The molecule has 0 spiro atoms. The van der Waals surface area contributed by atoms with Crippen molar-refractivity contribution in [2.75, 3.05) is 0 Å². The fraction of sp³-hybridized carbons (Fsp3) is 0.750. The van der Waals surface area contributed by atoms with Crippen molar-refractivity contribution in [3.05, 3.63) is 12.2 Å². The van der Waals surface area contributed by atoms with E-state index in [4.69, 9.17) is 5.73 Å². The number of aromatic nitrogens is 3. The van der Waals surface area contributed by atoms with Gasteiger partial charge in [0.05, 0.1) is 6.42 Å². The molecule has 5 heteroatoms. The van der Waals surface area contributed by atoms with Crippen LogP contribution in [-0.2, 0) is 18.3 Å². The molecule has 1 aromatic heterocycles. The molecular weight excluding hydrogens is 216 g/mol. The molecule has 0 aromatic carbocycles. The van der Waals surface area contributed by atoms with Crippen molar-refractivity contribution < 1.29 is 4.79 Å². The number of carbonyl (C=O) groups is 1. The lowest BCUT2D eigenvalue weighted by atomic mass is 9.79. The van der Waals surface area contributed by atoms with Gasteiger partial charge >= 0.3 is 0 Å². The van der Waals surface area contributed by atoms with E-state index in [-0.39, 0.29) is 11.3 Å². The van der Waals surface area contributed by atoms with Crippen LogP contribution in [0, 0.1) is 0 Å². The second-order valence-corrected chi connectivity index (χ2v) is 5.12. The first-order valence-electron chi connectivity index (χ1n) is 6.22. The van der Waals surface area contributed by atoms with Gasteiger partial charge < -0.3 is 5.73 Å². The van der Waals surface area contributed by atoms with E-state index < -0.39 is 0 Å². The fourth-order valence-electron chi connectivity index (χ4n) is 2.54. The summed E-state index contributed by atoms with van der Waals surface area (Å²) in [5, 5.41) is 3.96. The van der Waals surface area contributed by atoms with Gasteiger partial charge in [0.2, 0.25) is 0 Å². The Kier molecular flexibility index (Phi) is 3.57. The number of rotatable bonds is 4. The zero-order valence-corrected chi connectivity index (χ0v) is 10.4. The highest BCUT2D eigenvalue weighted by Crippen LogP contribution is 2.29. The van der Waals surface area contributed by atoms with Crippen LogP contribution in [0.1, 0.15) is 44.3 Å². The molecule has 0 radical (unpaired) electrons. The van der Waals surface area contributed by atoms with Crippen LogP contribution in [0.25, 0.3) is 0 Å². The first-order chi connectivity index (χ1) is 8.09. The molecule has 5 nitrogen and oxygen atoms in total. The van der Waals surface area contributed by atoms with E-state index in [1.807, 2.05) is 0 Å². The van der Waals surface area contributed by atoms with Crippen LogP contribution < -0.4 is 5.73 Å². The Labute approximate surface area is 101 Å². The first kappa shape index (κ1) is 12.2. The van der Waals surface area contributed by atoms with Gasteiger partial charge in [-0.2, -0.15) is 5.10 Å². The number of carbonyl (C=O) groups excluding carboxylic acids is 1. The maximum Gasteiger partial charge on any atom is 0.142 e. The standard InChI is InChI=1S/C12H20N4O/c1-16-11(14-9-15-16)7-10(17)8-12(13)5-3-2-4-6-12/h9H,2-8,13H2,1H3. The van der Waals surface area contributed by atoms with Gasteiger partial charge in [-0.3, -0.25) is 9.48 Å². The predicted molar refractivity (Wildman–Crippen MR) is 64.3 cm³/mol. The summed E-state index contributed by atoms with van der Waals surface area (Å²) in [4.78, 5) is 16.0. The molecule has 94 valence electrons. The number of ketones is 1. The number of aryl methyl sites for hydroxylation is 1. The van der Waals surface area contributed by atoms with E-state index in [9.17, 15) is 4.79 Å². The average molecular weight is 236 g/mol. The zero-order valence-electron chi connectivity index (χ0n) is 10.4. The van der Waals surface area contributed by atoms with Crippen molar-refractivity contribution >= 4 is 5.78 Å². The van der Waals surface area contributed by atoms with E-state index >= 15 is 0 Å². The summed E-state index contributed by atoms with van der Waals surface area (Å²) in [7, 11) is 1.80.